The van der Waals surface area contributed by atoms with Gasteiger partial charge < -0.3 is 14.8 Å². The molecule has 1 atom stereocenters. The van der Waals surface area contributed by atoms with Crippen molar-refractivity contribution in [1.29, 1.82) is 0 Å². The summed E-state index contributed by atoms with van der Waals surface area (Å²) in [6.07, 6.45) is -0.736. The lowest BCUT2D eigenvalue weighted by Gasteiger charge is -2.16. The van der Waals surface area contributed by atoms with Crippen LogP contribution in [0.2, 0.25) is 5.02 Å². The molecule has 1 aromatic carbocycles. The average Bonchev–Trinajstić information content (AvgIpc) is 2.97. The zero-order valence-corrected chi connectivity index (χ0v) is 14.5. The van der Waals surface area contributed by atoms with Crippen molar-refractivity contribution in [3.05, 3.63) is 45.1 Å². The van der Waals surface area contributed by atoms with Gasteiger partial charge in [0.15, 0.2) is 6.10 Å². The SMILES string of the molecule is COC(=O)c1sccc1NC(=O)[C@H](C)Oc1ccc(Cl)cc1C. The second-order valence-corrected chi connectivity index (χ2v) is 6.17. The van der Waals surface area contributed by atoms with Crippen molar-refractivity contribution in [1.82, 2.24) is 0 Å². The van der Waals surface area contributed by atoms with Crippen LogP contribution in [0.1, 0.15) is 22.2 Å². The average molecular weight is 354 g/mol. The number of aryl methyl sites for hydroxylation is 1. The first-order valence-electron chi connectivity index (χ1n) is 6.82. The van der Waals surface area contributed by atoms with Crippen LogP contribution in [0.25, 0.3) is 0 Å². The van der Waals surface area contributed by atoms with Crippen molar-refractivity contribution < 1.29 is 19.1 Å². The van der Waals surface area contributed by atoms with Crippen LogP contribution >= 0.6 is 22.9 Å². The Morgan fingerprint density at radius 3 is 2.70 bits per heavy atom. The molecule has 0 bridgehead atoms. The topological polar surface area (TPSA) is 64.6 Å². The molecule has 0 aliphatic heterocycles. The number of halogens is 1. The predicted octanol–water partition coefficient (Wildman–Crippen LogP) is 3.90. The number of thiophene rings is 1. The molecular weight excluding hydrogens is 338 g/mol. The molecule has 1 heterocycles. The fourth-order valence-corrected chi connectivity index (χ4v) is 2.87. The fourth-order valence-electron chi connectivity index (χ4n) is 1.88. The highest BCUT2D eigenvalue weighted by molar-refractivity contribution is 7.12. The Balaban J connectivity index is 2.06. The summed E-state index contributed by atoms with van der Waals surface area (Å²) in [6, 6.07) is 6.82. The molecule has 23 heavy (non-hydrogen) atoms. The van der Waals surface area contributed by atoms with E-state index >= 15 is 0 Å². The first kappa shape index (κ1) is 17.3. The van der Waals surface area contributed by atoms with Gasteiger partial charge in [-0.1, -0.05) is 11.6 Å². The third-order valence-corrected chi connectivity index (χ3v) is 4.23. The van der Waals surface area contributed by atoms with Crippen molar-refractivity contribution in [2.75, 3.05) is 12.4 Å². The lowest BCUT2D eigenvalue weighted by molar-refractivity contribution is -0.122. The Morgan fingerprint density at radius 1 is 1.30 bits per heavy atom. The number of methoxy groups -OCH3 is 1. The quantitative estimate of drug-likeness (QED) is 0.828. The number of benzene rings is 1. The van der Waals surface area contributed by atoms with E-state index in [9.17, 15) is 9.59 Å². The number of amides is 1. The highest BCUT2D eigenvalue weighted by Gasteiger charge is 2.20. The van der Waals surface area contributed by atoms with E-state index in [1.165, 1.54) is 18.4 Å². The van der Waals surface area contributed by atoms with Gasteiger partial charge in [0.2, 0.25) is 0 Å². The lowest BCUT2D eigenvalue weighted by Crippen LogP contribution is -2.30. The van der Waals surface area contributed by atoms with Crippen LogP contribution in [-0.2, 0) is 9.53 Å². The van der Waals surface area contributed by atoms with Gasteiger partial charge in [-0.2, -0.15) is 0 Å². The Morgan fingerprint density at radius 2 is 2.04 bits per heavy atom. The van der Waals surface area contributed by atoms with Crippen LogP contribution in [0.3, 0.4) is 0 Å². The van der Waals surface area contributed by atoms with Crippen molar-refractivity contribution in [3.63, 3.8) is 0 Å². The first-order chi connectivity index (χ1) is 10.9. The highest BCUT2D eigenvalue weighted by Crippen LogP contribution is 2.25. The van der Waals surface area contributed by atoms with E-state index in [2.05, 4.69) is 10.1 Å². The second-order valence-electron chi connectivity index (χ2n) is 4.81. The Labute approximate surface area is 143 Å². The van der Waals surface area contributed by atoms with Crippen molar-refractivity contribution >= 4 is 40.5 Å². The van der Waals surface area contributed by atoms with Gasteiger partial charge in [-0.15, -0.1) is 11.3 Å². The summed E-state index contributed by atoms with van der Waals surface area (Å²) in [5.41, 5.74) is 1.25. The van der Waals surface area contributed by atoms with Crippen LogP contribution in [0, 0.1) is 6.92 Å². The van der Waals surface area contributed by atoms with Crippen LogP contribution in [0.15, 0.2) is 29.6 Å². The van der Waals surface area contributed by atoms with Crippen LogP contribution in [-0.4, -0.2) is 25.1 Å². The molecule has 0 fully saturated rings. The van der Waals surface area contributed by atoms with E-state index in [1.807, 2.05) is 6.92 Å². The molecule has 1 aromatic heterocycles. The summed E-state index contributed by atoms with van der Waals surface area (Å²) >= 11 is 7.09. The molecule has 1 N–H and O–H groups in total. The molecule has 0 saturated heterocycles. The largest absolute Gasteiger partial charge is 0.481 e. The van der Waals surface area contributed by atoms with Crippen molar-refractivity contribution in [2.24, 2.45) is 0 Å². The molecule has 0 unspecified atom stereocenters. The molecule has 7 heteroatoms. The monoisotopic (exact) mass is 353 g/mol. The van der Waals surface area contributed by atoms with E-state index in [4.69, 9.17) is 16.3 Å². The minimum Gasteiger partial charge on any atom is -0.481 e. The third kappa shape index (κ3) is 4.24. The molecule has 0 saturated carbocycles. The standard InChI is InChI=1S/C16H16ClNO4S/c1-9-8-11(17)4-5-13(9)22-10(2)15(19)18-12-6-7-23-14(12)16(20)21-3/h4-8,10H,1-3H3,(H,18,19)/t10-/m0/s1. The van der Waals surface area contributed by atoms with Crippen LogP contribution in [0.5, 0.6) is 5.75 Å². The van der Waals surface area contributed by atoms with Crippen molar-refractivity contribution in [2.45, 2.75) is 20.0 Å². The number of carbonyl (C=O) groups is 2. The molecule has 122 valence electrons. The summed E-state index contributed by atoms with van der Waals surface area (Å²) < 4.78 is 10.3. The minimum absolute atomic E-state index is 0.343. The molecule has 5 nitrogen and oxygen atoms in total. The van der Waals surface area contributed by atoms with Gasteiger partial charge in [0.25, 0.3) is 5.91 Å². The molecule has 0 aliphatic carbocycles. The van der Waals surface area contributed by atoms with Crippen LogP contribution < -0.4 is 10.1 Å². The molecule has 0 aliphatic rings. The number of hydrogen-bond donors (Lipinski definition) is 1. The smallest absolute Gasteiger partial charge is 0.350 e. The maximum absolute atomic E-state index is 12.2. The number of ether oxygens (including phenoxy) is 2. The maximum Gasteiger partial charge on any atom is 0.350 e. The molecule has 0 radical (unpaired) electrons. The summed E-state index contributed by atoms with van der Waals surface area (Å²) in [5.74, 6) is -0.268. The second kappa shape index (κ2) is 7.48. The minimum atomic E-state index is -0.736. The zero-order valence-electron chi connectivity index (χ0n) is 12.9. The third-order valence-electron chi connectivity index (χ3n) is 3.10. The number of nitrogens with one attached hydrogen (secondary N) is 1. The van der Waals surface area contributed by atoms with Crippen LogP contribution in [0.4, 0.5) is 5.69 Å². The predicted molar refractivity (Wildman–Crippen MR) is 90.6 cm³/mol. The van der Waals surface area contributed by atoms with Gasteiger partial charge in [0, 0.05) is 5.02 Å². The van der Waals surface area contributed by atoms with E-state index in [-0.39, 0.29) is 5.91 Å². The number of esters is 1. The Bertz CT molecular complexity index is 729. The summed E-state index contributed by atoms with van der Waals surface area (Å²) in [5, 5.41) is 4.99. The van der Waals surface area contributed by atoms with Gasteiger partial charge in [0.05, 0.1) is 12.8 Å². The number of rotatable bonds is 5. The zero-order chi connectivity index (χ0) is 17.0. The molecule has 2 rings (SSSR count). The summed E-state index contributed by atoms with van der Waals surface area (Å²) in [4.78, 5) is 24.2. The van der Waals surface area contributed by atoms with Crippen molar-refractivity contribution in [3.8, 4) is 5.75 Å². The van der Waals surface area contributed by atoms with E-state index in [1.54, 1.807) is 36.6 Å². The molecular formula is C16H16ClNO4S. The number of hydrogen-bond acceptors (Lipinski definition) is 5. The molecule has 2 aromatic rings. The summed E-state index contributed by atoms with van der Waals surface area (Å²) in [6.45, 7) is 3.48. The van der Waals surface area contributed by atoms with E-state index in [0.717, 1.165) is 5.56 Å². The number of anilines is 1. The Hall–Kier alpha value is -2.05. The van der Waals surface area contributed by atoms with Gasteiger partial charge in [0.1, 0.15) is 10.6 Å². The van der Waals surface area contributed by atoms with E-state index < -0.39 is 12.1 Å². The highest BCUT2D eigenvalue weighted by atomic mass is 35.5. The molecule has 1 amide bonds. The normalized spacial score (nSPS) is 11.7. The first-order valence-corrected chi connectivity index (χ1v) is 8.07. The van der Waals surface area contributed by atoms with Gasteiger partial charge >= 0.3 is 5.97 Å². The van der Waals surface area contributed by atoms with E-state index in [0.29, 0.717) is 21.3 Å². The number of carbonyl (C=O) groups excluding carboxylic acids is 2. The van der Waals surface area contributed by atoms with Gasteiger partial charge in [-0.3, -0.25) is 4.79 Å². The maximum atomic E-state index is 12.2. The Kier molecular flexibility index (Phi) is 5.63. The van der Waals surface area contributed by atoms with Gasteiger partial charge in [-0.25, -0.2) is 4.79 Å². The van der Waals surface area contributed by atoms with Gasteiger partial charge in [-0.05, 0) is 49.1 Å². The summed E-state index contributed by atoms with van der Waals surface area (Å²) in [7, 11) is 1.29. The fraction of sp³-hybridized carbons (Fsp3) is 0.250. The molecule has 0 spiro atoms. The lowest BCUT2D eigenvalue weighted by atomic mass is 10.2.